The number of carboxylic acid groups (broad SMARTS) is 1. The number of rotatable bonds is 5. The standard InChI is InChI=1S/C13H11NO6/c1-3-8(4-2)20-13(17)9-6-5-7-10(14(18)19)11(9)12(15)16/h1,5-8H,4H2,2H3,(H,15,16)/t8-/m0/s1. The van der Waals surface area contributed by atoms with Gasteiger partial charge in [-0.15, -0.1) is 6.42 Å². The molecule has 0 aliphatic carbocycles. The third-order valence-electron chi connectivity index (χ3n) is 2.48. The zero-order chi connectivity index (χ0) is 15.3. The lowest BCUT2D eigenvalue weighted by Crippen LogP contribution is -2.19. The van der Waals surface area contributed by atoms with Gasteiger partial charge >= 0.3 is 11.9 Å². The van der Waals surface area contributed by atoms with Crippen molar-refractivity contribution in [3.05, 3.63) is 39.4 Å². The van der Waals surface area contributed by atoms with Gasteiger partial charge in [0.2, 0.25) is 0 Å². The summed E-state index contributed by atoms with van der Waals surface area (Å²) in [7, 11) is 0. The van der Waals surface area contributed by atoms with Crippen LogP contribution in [0.3, 0.4) is 0 Å². The molecule has 0 aromatic heterocycles. The molecule has 20 heavy (non-hydrogen) atoms. The minimum absolute atomic E-state index is 0.347. The molecule has 1 N–H and O–H groups in total. The molecule has 7 nitrogen and oxygen atoms in total. The zero-order valence-corrected chi connectivity index (χ0v) is 10.5. The zero-order valence-electron chi connectivity index (χ0n) is 10.5. The molecule has 0 unspecified atom stereocenters. The second-order valence-corrected chi connectivity index (χ2v) is 3.73. The first-order valence-corrected chi connectivity index (χ1v) is 5.60. The summed E-state index contributed by atoms with van der Waals surface area (Å²) < 4.78 is 4.90. The molecule has 104 valence electrons. The van der Waals surface area contributed by atoms with Gasteiger partial charge in [-0.25, -0.2) is 9.59 Å². The van der Waals surface area contributed by atoms with Crippen LogP contribution in [-0.2, 0) is 4.74 Å². The van der Waals surface area contributed by atoms with Crippen molar-refractivity contribution in [3.63, 3.8) is 0 Å². The van der Waals surface area contributed by atoms with E-state index in [1.807, 2.05) is 0 Å². The summed E-state index contributed by atoms with van der Waals surface area (Å²) in [5, 5.41) is 19.8. The number of carboxylic acids is 1. The topological polar surface area (TPSA) is 107 Å². The lowest BCUT2D eigenvalue weighted by atomic mass is 10.1. The van der Waals surface area contributed by atoms with Crippen LogP contribution in [0.25, 0.3) is 0 Å². The minimum Gasteiger partial charge on any atom is -0.477 e. The summed E-state index contributed by atoms with van der Waals surface area (Å²) in [4.78, 5) is 32.9. The van der Waals surface area contributed by atoms with Gasteiger partial charge in [0.25, 0.3) is 5.69 Å². The molecule has 0 saturated heterocycles. The van der Waals surface area contributed by atoms with E-state index in [1.165, 1.54) is 6.07 Å². The maximum Gasteiger partial charge on any atom is 0.343 e. The third-order valence-corrected chi connectivity index (χ3v) is 2.48. The first kappa shape index (κ1) is 15.2. The number of nitrogens with zero attached hydrogens (tertiary/aromatic N) is 1. The van der Waals surface area contributed by atoms with Crippen molar-refractivity contribution < 1.29 is 24.4 Å². The summed E-state index contributed by atoms with van der Waals surface area (Å²) in [6.07, 6.45) is 4.66. The highest BCUT2D eigenvalue weighted by Crippen LogP contribution is 2.23. The Kier molecular flexibility index (Phi) is 4.81. The highest BCUT2D eigenvalue weighted by Gasteiger charge is 2.28. The highest BCUT2D eigenvalue weighted by atomic mass is 16.6. The number of esters is 1. The molecule has 1 aromatic rings. The maximum absolute atomic E-state index is 11.9. The van der Waals surface area contributed by atoms with Crippen molar-refractivity contribution in [1.82, 2.24) is 0 Å². The Morgan fingerprint density at radius 1 is 1.55 bits per heavy atom. The van der Waals surface area contributed by atoms with E-state index in [0.29, 0.717) is 6.42 Å². The molecular weight excluding hydrogens is 266 g/mol. The first-order chi connectivity index (χ1) is 9.42. The lowest BCUT2D eigenvalue weighted by molar-refractivity contribution is -0.385. The fraction of sp³-hybridized carbons (Fsp3) is 0.231. The van der Waals surface area contributed by atoms with Gasteiger partial charge < -0.3 is 9.84 Å². The van der Waals surface area contributed by atoms with Gasteiger partial charge in [0, 0.05) is 6.07 Å². The quantitative estimate of drug-likeness (QED) is 0.381. The van der Waals surface area contributed by atoms with Crippen LogP contribution in [0.2, 0.25) is 0 Å². The number of aromatic carboxylic acids is 1. The Labute approximate surface area is 114 Å². The van der Waals surface area contributed by atoms with Crippen LogP contribution in [0.4, 0.5) is 5.69 Å². The second-order valence-electron chi connectivity index (χ2n) is 3.73. The van der Waals surface area contributed by atoms with Crippen molar-refractivity contribution >= 4 is 17.6 Å². The average Bonchev–Trinajstić information content (AvgIpc) is 2.43. The number of benzene rings is 1. The molecule has 0 aliphatic heterocycles. The van der Waals surface area contributed by atoms with E-state index >= 15 is 0 Å². The SMILES string of the molecule is C#C[C@@H](CC)OC(=O)c1cccc([N+](=O)[O-])c1C(=O)O. The lowest BCUT2D eigenvalue weighted by Gasteiger charge is -2.11. The van der Waals surface area contributed by atoms with Crippen molar-refractivity contribution in [2.45, 2.75) is 19.4 Å². The fourth-order valence-corrected chi connectivity index (χ4v) is 1.52. The molecule has 0 spiro atoms. The number of carbonyl (C=O) groups is 2. The normalized spacial score (nSPS) is 11.2. The number of hydrogen-bond donors (Lipinski definition) is 1. The largest absolute Gasteiger partial charge is 0.477 e. The predicted octanol–water partition coefficient (Wildman–Crippen LogP) is 1.86. The van der Waals surface area contributed by atoms with Gasteiger partial charge in [-0.05, 0) is 12.5 Å². The van der Waals surface area contributed by atoms with Gasteiger partial charge in [0.15, 0.2) is 11.7 Å². The monoisotopic (exact) mass is 277 g/mol. The molecule has 1 rings (SSSR count). The number of terminal acetylenes is 1. The Morgan fingerprint density at radius 3 is 2.65 bits per heavy atom. The van der Waals surface area contributed by atoms with Crippen LogP contribution in [0.5, 0.6) is 0 Å². The number of hydrogen-bond acceptors (Lipinski definition) is 5. The van der Waals surface area contributed by atoms with Gasteiger partial charge in [-0.1, -0.05) is 18.9 Å². The Hall–Kier alpha value is -2.88. The van der Waals surface area contributed by atoms with E-state index < -0.39 is 39.8 Å². The molecule has 0 saturated carbocycles. The van der Waals surface area contributed by atoms with Gasteiger partial charge in [0.05, 0.1) is 10.5 Å². The molecule has 0 fully saturated rings. The molecule has 1 aromatic carbocycles. The van der Waals surface area contributed by atoms with Crippen LogP contribution >= 0.6 is 0 Å². The van der Waals surface area contributed by atoms with Crippen LogP contribution in [0, 0.1) is 22.5 Å². The van der Waals surface area contributed by atoms with Crippen molar-refractivity contribution in [1.29, 1.82) is 0 Å². The van der Waals surface area contributed by atoms with Crippen molar-refractivity contribution in [2.75, 3.05) is 0 Å². The molecule has 0 bridgehead atoms. The molecule has 0 radical (unpaired) electrons. The van der Waals surface area contributed by atoms with Crippen molar-refractivity contribution in [2.24, 2.45) is 0 Å². The van der Waals surface area contributed by atoms with Gasteiger partial charge in [0.1, 0.15) is 0 Å². The number of carbonyl (C=O) groups excluding carboxylic acids is 1. The van der Waals surface area contributed by atoms with Gasteiger partial charge in [-0.3, -0.25) is 10.1 Å². The van der Waals surface area contributed by atoms with Crippen LogP contribution in [0.15, 0.2) is 18.2 Å². The summed E-state index contributed by atoms with van der Waals surface area (Å²) in [6.45, 7) is 1.68. The average molecular weight is 277 g/mol. The van der Waals surface area contributed by atoms with E-state index in [-0.39, 0.29) is 0 Å². The molecule has 0 heterocycles. The molecule has 0 amide bonds. The van der Waals surface area contributed by atoms with Crippen molar-refractivity contribution in [3.8, 4) is 12.3 Å². The van der Waals surface area contributed by atoms with E-state index in [9.17, 15) is 19.7 Å². The van der Waals surface area contributed by atoms with E-state index in [0.717, 1.165) is 12.1 Å². The maximum atomic E-state index is 11.9. The number of ether oxygens (including phenoxy) is 1. The Morgan fingerprint density at radius 2 is 2.20 bits per heavy atom. The summed E-state index contributed by atoms with van der Waals surface area (Å²) in [5.74, 6) is -0.375. The molecule has 1 atom stereocenters. The third kappa shape index (κ3) is 3.11. The van der Waals surface area contributed by atoms with Crippen LogP contribution in [0.1, 0.15) is 34.1 Å². The smallest absolute Gasteiger partial charge is 0.343 e. The Balaban J connectivity index is 3.28. The summed E-state index contributed by atoms with van der Waals surface area (Å²) in [5.41, 5.74) is -1.80. The Bertz CT molecular complexity index is 601. The van der Waals surface area contributed by atoms with E-state index in [1.54, 1.807) is 6.92 Å². The molecule has 0 aliphatic rings. The summed E-state index contributed by atoms with van der Waals surface area (Å²) >= 11 is 0. The first-order valence-electron chi connectivity index (χ1n) is 5.60. The van der Waals surface area contributed by atoms with E-state index in [4.69, 9.17) is 16.3 Å². The highest BCUT2D eigenvalue weighted by molar-refractivity contribution is 6.05. The molecule has 7 heteroatoms. The number of nitro groups is 1. The minimum atomic E-state index is -1.59. The predicted molar refractivity (Wildman–Crippen MR) is 68.4 cm³/mol. The van der Waals surface area contributed by atoms with Crippen LogP contribution < -0.4 is 0 Å². The van der Waals surface area contributed by atoms with Crippen LogP contribution in [-0.4, -0.2) is 28.1 Å². The fourth-order valence-electron chi connectivity index (χ4n) is 1.52. The molecular formula is C13H11NO6. The van der Waals surface area contributed by atoms with E-state index in [2.05, 4.69) is 5.92 Å². The second kappa shape index (κ2) is 6.33. The summed E-state index contributed by atoms with van der Waals surface area (Å²) in [6, 6.07) is 3.35. The number of nitro benzene ring substituents is 1. The van der Waals surface area contributed by atoms with Gasteiger partial charge in [-0.2, -0.15) is 0 Å².